The van der Waals surface area contributed by atoms with Gasteiger partial charge in [-0.2, -0.15) is 5.10 Å². The van der Waals surface area contributed by atoms with Crippen LogP contribution in [0.5, 0.6) is 0 Å². The van der Waals surface area contributed by atoms with Crippen LogP contribution in [0, 0.1) is 0 Å². The van der Waals surface area contributed by atoms with E-state index < -0.39 is 11.7 Å². The summed E-state index contributed by atoms with van der Waals surface area (Å²) in [6, 6.07) is 7.30. The molecule has 0 aromatic heterocycles. The summed E-state index contributed by atoms with van der Waals surface area (Å²) in [5, 5.41) is 4.74. The molecule has 1 amide bonds. The van der Waals surface area contributed by atoms with Gasteiger partial charge in [0.2, 0.25) is 0 Å². The number of carbonyl (C=O) groups excluding carboxylic acids is 1. The molecule has 1 aromatic carbocycles. The van der Waals surface area contributed by atoms with E-state index in [4.69, 9.17) is 16.3 Å². The molecule has 0 aliphatic rings. The van der Waals surface area contributed by atoms with Gasteiger partial charge in [-0.3, -0.25) is 0 Å². The minimum atomic E-state index is -0.563. The summed E-state index contributed by atoms with van der Waals surface area (Å²) in [5.41, 5.74) is 3.55. The first kappa shape index (κ1) is 15.5. The number of nitrogens with one attached hydrogen (secondary N) is 1. The Bertz CT molecular complexity index is 461. The fraction of sp³-hybridized carbons (Fsp3) is 0.429. The van der Waals surface area contributed by atoms with E-state index in [0.717, 1.165) is 11.3 Å². The molecule has 0 fully saturated rings. The van der Waals surface area contributed by atoms with Gasteiger partial charge in [-0.25, -0.2) is 10.2 Å². The Kier molecular flexibility index (Phi) is 5.36. The average Bonchev–Trinajstić information content (AvgIpc) is 2.29. The second-order valence-corrected chi connectivity index (χ2v) is 5.47. The first-order valence-electron chi connectivity index (χ1n) is 6.13. The maximum absolute atomic E-state index is 11.5. The van der Waals surface area contributed by atoms with E-state index >= 15 is 0 Å². The van der Waals surface area contributed by atoms with Gasteiger partial charge in [0.05, 0.1) is 5.71 Å². The molecule has 0 radical (unpaired) electrons. The van der Waals surface area contributed by atoms with Gasteiger partial charge < -0.3 is 4.74 Å². The maximum Gasteiger partial charge on any atom is 0.428 e. The molecular formula is C14H19ClN2O2. The number of hydrazone groups is 1. The van der Waals surface area contributed by atoms with E-state index in [1.54, 1.807) is 32.9 Å². The van der Waals surface area contributed by atoms with Gasteiger partial charge in [0.25, 0.3) is 0 Å². The van der Waals surface area contributed by atoms with Crippen molar-refractivity contribution < 1.29 is 9.53 Å². The summed E-state index contributed by atoms with van der Waals surface area (Å²) in [6.07, 6.45) is 0.129. The summed E-state index contributed by atoms with van der Waals surface area (Å²) in [5.74, 6) is 0. The van der Waals surface area contributed by atoms with Crippen molar-refractivity contribution in [2.75, 3.05) is 0 Å². The first-order chi connectivity index (χ1) is 8.81. The predicted octanol–water partition coefficient (Wildman–Crippen LogP) is 3.98. The fourth-order valence-electron chi connectivity index (χ4n) is 1.40. The van der Waals surface area contributed by atoms with Crippen LogP contribution in [0.1, 0.15) is 39.7 Å². The van der Waals surface area contributed by atoms with Crippen molar-refractivity contribution in [1.29, 1.82) is 0 Å². The molecule has 0 spiro atoms. The highest BCUT2D eigenvalue weighted by Crippen LogP contribution is 2.12. The van der Waals surface area contributed by atoms with Crippen molar-refractivity contribution >= 4 is 23.4 Å². The number of nitrogens with zero attached hydrogens (tertiary/aromatic N) is 1. The normalized spacial score (nSPS) is 12.2. The van der Waals surface area contributed by atoms with Gasteiger partial charge in [-0.1, -0.05) is 30.7 Å². The van der Waals surface area contributed by atoms with E-state index in [9.17, 15) is 4.79 Å². The summed E-state index contributed by atoms with van der Waals surface area (Å²) >= 11 is 5.83. The van der Waals surface area contributed by atoms with Gasteiger partial charge in [0.15, 0.2) is 0 Å². The number of ether oxygens (including phenoxy) is 1. The molecule has 4 nitrogen and oxygen atoms in total. The largest absolute Gasteiger partial charge is 0.443 e. The SMILES string of the molecule is CC/C(=N\NC(=O)OC(C)(C)C)c1ccc(Cl)cc1. The standard InChI is InChI=1S/C14H19ClN2O2/c1-5-12(10-6-8-11(15)9-7-10)16-17-13(18)19-14(2,3)4/h6-9H,5H2,1-4H3,(H,17,18)/b16-12+. The van der Waals surface area contributed by atoms with Gasteiger partial charge in [-0.15, -0.1) is 0 Å². The van der Waals surface area contributed by atoms with Crippen molar-refractivity contribution in [2.45, 2.75) is 39.7 Å². The molecule has 0 saturated heterocycles. The Morgan fingerprint density at radius 2 is 1.89 bits per heavy atom. The molecule has 1 rings (SSSR count). The molecule has 19 heavy (non-hydrogen) atoms. The van der Waals surface area contributed by atoms with Crippen LogP contribution < -0.4 is 5.43 Å². The Morgan fingerprint density at radius 3 is 2.37 bits per heavy atom. The number of carbonyl (C=O) groups is 1. The summed E-state index contributed by atoms with van der Waals surface area (Å²) in [6.45, 7) is 7.37. The van der Waals surface area contributed by atoms with Crippen LogP contribution in [0.15, 0.2) is 29.4 Å². The molecule has 1 N–H and O–H groups in total. The zero-order valence-corrected chi connectivity index (χ0v) is 12.4. The van der Waals surface area contributed by atoms with Crippen LogP contribution >= 0.6 is 11.6 Å². The number of halogens is 1. The Balaban J connectivity index is 2.72. The van der Waals surface area contributed by atoms with Crippen LogP contribution in [0.4, 0.5) is 4.79 Å². The lowest BCUT2D eigenvalue weighted by Crippen LogP contribution is -2.30. The van der Waals surface area contributed by atoms with Crippen molar-refractivity contribution in [3.8, 4) is 0 Å². The molecule has 0 aliphatic carbocycles. The number of benzene rings is 1. The van der Waals surface area contributed by atoms with E-state index in [-0.39, 0.29) is 0 Å². The summed E-state index contributed by atoms with van der Waals surface area (Å²) in [7, 11) is 0. The second kappa shape index (κ2) is 6.57. The number of rotatable bonds is 3. The zero-order chi connectivity index (χ0) is 14.5. The lowest BCUT2D eigenvalue weighted by Gasteiger charge is -2.18. The van der Waals surface area contributed by atoms with Crippen LogP contribution in [-0.4, -0.2) is 17.4 Å². The maximum atomic E-state index is 11.5. The van der Waals surface area contributed by atoms with Crippen molar-refractivity contribution in [1.82, 2.24) is 5.43 Å². The zero-order valence-electron chi connectivity index (χ0n) is 11.7. The minimum Gasteiger partial charge on any atom is -0.443 e. The lowest BCUT2D eigenvalue weighted by molar-refractivity contribution is 0.0529. The van der Waals surface area contributed by atoms with Crippen molar-refractivity contribution in [3.05, 3.63) is 34.9 Å². The molecule has 0 unspecified atom stereocenters. The quantitative estimate of drug-likeness (QED) is 0.673. The average molecular weight is 283 g/mol. The third-order valence-corrected chi connectivity index (χ3v) is 2.45. The molecule has 0 bridgehead atoms. The Labute approximate surface area is 118 Å². The fourth-order valence-corrected chi connectivity index (χ4v) is 1.53. The highest BCUT2D eigenvalue weighted by molar-refractivity contribution is 6.30. The van der Waals surface area contributed by atoms with Gasteiger partial charge in [0, 0.05) is 5.02 Å². The minimum absolute atomic E-state index is 0.535. The first-order valence-corrected chi connectivity index (χ1v) is 6.51. The Hall–Kier alpha value is -1.55. The van der Waals surface area contributed by atoms with Crippen LogP contribution in [0.25, 0.3) is 0 Å². The van der Waals surface area contributed by atoms with Crippen molar-refractivity contribution in [3.63, 3.8) is 0 Å². The third-order valence-electron chi connectivity index (χ3n) is 2.19. The highest BCUT2D eigenvalue weighted by atomic mass is 35.5. The highest BCUT2D eigenvalue weighted by Gasteiger charge is 2.15. The van der Waals surface area contributed by atoms with E-state index in [0.29, 0.717) is 11.4 Å². The summed E-state index contributed by atoms with van der Waals surface area (Å²) in [4.78, 5) is 11.5. The van der Waals surface area contributed by atoms with Gasteiger partial charge in [0.1, 0.15) is 5.60 Å². The summed E-state index contributed by atoms with van der Waals surface area (Å²) < 4.78 is 5.11. The second-order valence-electron chi connectivity index (χ2n) is 5.03. The Morgan fingerprint density at radius 1 is 1.32 bits per heavy atom. The predicted molar refractivity (Wildman–Crippen MR) is 77.6 cm³/mol. The van der Waals surface area contributed by atoms with Crippen LogP contribution in [0.3, 0.4) is 0 Å². The molecule has 1 aromatic rings. The lowest BCUT2D eigenvalue weighted by atomic mass is 10.1. The van der Waals surface area contributed by atoms with Crippen LogP contribution in [0.2, 0.25) is 5.02 Å². The molecule has 0 aliphatic heterocycles. The van der Waals surface area contributed by atoms with E-state index in [2.05, 4.69) is 10.5 Å². The molecule has 0 saturated carbocycles. The molecule has 104 valence electrons. The third kappa shape index (κ3) is 5.75. The molecule has 0 atom stereocenters. The molecular weight excluding hydrogens is 264 g/mol. The van der Waals surface area contributed by atoms with Gasteiger partial charge in [-0.05, 0) is 44.9 Å². The van der Waals surface area contributed by atoms with Gasteiger partial charge >= 0.3 is 6.09 Å². The topological polar surface area (TPSA) is 50.7 Å². The smallest absolute Gasteiger partial charge is 0.428 e. The molecule has 0 heterocycles. The number of hydrogen-bond acceptors (Lipinski definition) is 3. The van der Waals surface area contributed by atoms with E-state index in [1.807, 2.05) is 19.1 Å². The van der Waals surface area contributed by atoms with Crippen molar-refractivity contribution in [2.24, 2.45) is 5.10 Å². The van der Waals surface area contributed by atoms with E-state index in [1.165, 1.54) is 0 Å². The monoisotopic (exact) mass is 282 g/mol. The molecule has 5 heteroatoms. The number of amides is 1. The number of hydrogen-bond donors (Lipinski definition) is 1. The van der Waals surface area contributed by atoms with Crippen LogP contribution in [-0.2, 0) is 4.74 Å².